The number of thioether (sulfide) groups is 1. The van der Waals surface area contributed by atoms with Crippen LogP contribution in [0.4, 0.5) is 5.69 Å². The van der Waals surface area contributed by atoms with Crippen molar-refractivity contribution in [2.75, 3.05) is 18.2 Å². The molecule has 1 heterocycles. The van der Waals surface area contributed by atoms with E-state index in [2.05, 4.69) is 10.3 Å². The Kier molecular flexibility index (Phi) is 6.72. The molecule has 0 atom stereocenters. The molecule has 0 aliphatic carbocycles. The second-order valence-corrected chi connectivity index (χ2v) is 8.90. The van der Waals surface area contributed by atoms with Crippen molar-refractivity contribution in [2.45, 2.75) is 19.0 Å². The third kappa shape index (κ3) is 4.89. The number of hydrogen-bond acceptors (Lipinski definition) is 5. The number of carbonyl (C=O) groups is 1. The molecule has 4 aromatic rings. The van der Waals surface area contributed by atoms with Gasteiger partial charge in [0, 0.05) is 10.7 Å². The molecular formula is C25H22ClN3O3S. The fourth-order valence-corrected chi connectivity index (χ4v) is 4.42. The minimum atomic E-state index is -0.265. The van der Waals surface area contributed by atoms with E-state index in [1.807, 2.05) is 44.2 Å². The van der Waals surface area contributed by atoms with E-state index in [-0.39, 0.29) is 17.2 Å². The maximum absolute atomic E-state index is 13.5. The summed E-state index contributed by atoms with van der Waals surface area (Å²) in [5, 5.41) is 4.22. The monoisotopic (exact) mass is 479 g/mol. The van der Waals surface area contributed by atoms with Gasteiger partial charge >= 0.3 is 0 Å². The van der Waals surface area contributed by atoms with E-state index in [1.54, 1.807) is 37.4 Å². The number of aromatic nitrogens is 2. The van der Waals surface area contributed by atoms with Crippen molar-refractivity contribution < 1.29 is 9.53 Å². The number of methoxy groups -OCH3 is 1. The van der Waals surface area contributed by atoms with Gasteiger partial charge < -0.3 is 10.1 Å². The van der Waals surface area contributed by atoms with E-state index in [1.165, 1.54) is 16.3 Å². The number of benzene rings is 3. The summed E-state index contributed by atoms with van der Waals surface area (Å²) in [5.41, 5.74) is 3.55. The zero-order chi connectivity index (χ0) is 23.5. The Morgan fingerprint density at radius 2 is 1.91 bits per heavy atom. The molecule has 0 aliphatic rings. The Balaban J connectivity index is 1.73. The van der Waals surface area contributed by atoms with Gasteiger partial charge in [0.05, 0.1) is 29.5 Å². The molecule has 1 aromatic heterocycles. The Morgan fingerprint density at radius 1 is 1.12 bits per heavy atom. The van der Waals surface area contributed by atoms with Crippen LogP contribution in [0.3, 0.4) is 0 Å². The Morgan fingerprint density at radius 3 is 2.70 bits per heavy atom. The van der Waals surface area contributed by atoms with Gasteiger partial charge in [0.1, 0.15) is 5.75 Å². The molecule has 168 valence electrons. The van der Waals surface area contributed by atoms with Crippen LogP contribution in [0.25, 0.3) is 16.6 Å². The summed E-state index contributed by atoms with van der Waals surface area (Å²) in [6.07, 6.45) is 0. The maximum atomic E-state index is 13.5. The summed E-state index contributed by atoms with van der Waals surface area (Å²) in [7, 11) is 1.54. The van der Waals surface area contributed by atoms with Crippen LogP contribution in [0.1, 0.15) is 11.1 Å². The molecule has 0 unspecified atom stereocenters. The molecule has 8 heteroatoms. The summed E-state index contributed by atoms with van der Waals surface area (Å²) >= 11 is 7.31. The topological polar surface area (TPSA) is 73.2 Å². The van der Waals surface area contributed by atoms with E-state index in [0.29, 0.717) is 32.5 Å². The van der Waals surface area contributed by atoms with Gasteiger partial charge in [0.25, 0.3) is 5.56 Å². The summed E-state index contributed by atoms with van der Waals surface area (Å²) in [5.74, 6) is 0.401. The average Bonchev–Trinajstić information content (AvgIpc) is 2.80. The number of ether oxygens (including phenoxy) is 1. The first-order valence-corrected chi connectivity index (χ1v) is 11.6. The van der Waals surface area contributed by atoms with Crippen LogP contribution in [-0.4, -0.2) is 28.3 Å². The van der Waals surface area contributed by atoms with E-state index in [0.717, 1.165) is 16.8 Å². The molecule has 4 rings (SSSR count). The summed E-state index contributed by atoms with van der Waals surface area (Å²) in [6.45, 7) is 3.91. The number of fused-ring (bicyclic) bond motifs is 1. The van der Waals surface area contributed by atoms with Crippen LogP contribution >= 0.6 is 23.4 Å². The van der Waals surface area contributed by atoms with Crippen LogP contribution in [0.15, 0.2) is 70.6 Å². The molecule has 3 aromatic carbocycles. The zero-order valence-electron chi connectivity index (χ0n) is 18.4. The fraction of sp³-hybridized carbons (Fsp3) is 0.160. The molecule has 0 radical (unpaired) electrons. The lowest BCUT2D eigenvalue weighted by molar-refractivity contribution is -0.113. The molecule has 0 fully saturated rings. The van der Waals surface area contributed by atoms with Gasteiger partial charge in [-0.25, -0.2) is 4.98 Å². The SMILES string of the molecule is COc1ccccc1-n1c(SCC(=O)Nc2cc(C)ccc2C)nc2cc(Cl)ccc2c1=O. The number of aryl methyl sites for hydroxylation is 2. The predicted molar refractivity (Wildman–Crippen MR) is 134 cm³/mol. The van der Waals surface area contributed by atoms with Gasteiger partial charge in [0.2, 0.25) is 5.91 Å². The fourth-order valence-electron chi connectivity index (χ4n) is 3.45. The predicted octanol–water partition coefficient (Wildman–Crippen LogP) is 5.40. The van der Waals surface area contributed by atoms with E-state index in [4.69, 9.17) is 16.3 Å². The van der Waals surface area contributed by atoms with Crippen LogP contribution in [0.2, 0.25) is 5.02 Å². The van der Waals surface area contributed by atoms with Gasteiger partial charge in [-0.3, -0.25) is 14.2 Å². The highest BCUT2D eigenvalue weighted by Gasteiger charge is 2.18. The van der Waals surface area contributed by atoms with Gasteiger partial charge in [-0.15, -0.1) is 0 Å². The number of hydrogen-bond donors (Lipinski definition) is 1. The number of rotatable bonds is 6. The first-order valence-electron chi connectivity index (χ1n) is 10.2. The van der Waals surface area contributed by atoms with Crippen molar-refractivity contribution in [1.82, 2.24) is 9.55 Å². The first kappa shape index (κ1) is 22.9. The lowest BCUT2D eigenvalue weighted by Gasteiger charge is -2.16. The van der Waals surface area contributed by atoms with E-state index >= 15 is 0 Å². The van der Waals surface area contributed by atoms with E-state index < -0.39 is 0 Å². The van der Waals surface area contributed by atoms with Crippen LogP contribution < -0.4 is 15.6 Å². The molecule has 1 N–H and O–H groups in total. The Bertz CT molecular complexity index is 1420. The van der Waals surface area contributed by atoms with Crippen LogP contribution in [0.5, 0.6) is 5.75 Å². The maximum Gasteiger partial charge on any atom is 0.266 e. The number of amides is 1. The zero-order valence-corrected chi connectivity index (χ0v) is 20.0. The summed E-state index contributed by atoms with van der Waals surface area (Å²) < 4.78 is 6.95. The van der Waals surface area contributed by atoms with E-state index in [9.17, 15) is 9.59 Å². The number of carbonyl (C=O) groups excluding carboxylic acids is 1. The normalized spacial score (nSPS) is 10.9. The van der Waals surface area contributed by atoms with Gasteiger partial charge in [-0.2, -0.15) is 0 Å². The number of nitrogens with one attached hydrogen (secondary N) is 1. The number of anilines is 1. The van der Waals surface area contributed by atoms with Gasteiger partial charge in [0.15, 0.2) is 5.16 Å². The van der Waals surface area contributed by atoms with Gasteiger partial charge in [-0.05, 0) is 61.4 Å². The summed E-state index contributed by atoms with van der Waals surface area (Å²) in [4.78, 5) is 30.9. The van der Waals surface area contributed by atoms with Crippen molar-refractivity contribution in [2.24, 2.45) is 0 Å². The molecular weight excluding hydrogens is 458 g/mol. The average molecular weight is 480 g/mol. The van der Waals surface area contributed by atoms with Crippen molar-refractivity contribution in [3.05, 3.63) is 87.2 Å². The minimum absolute atomic E-state index is 0.0705. The number of para-hydroxylation sites is 2. The van der Waals surface area contributed by atoms with Crippen molar-refractivity contribution in [3.63, 3.8) is 0 Å². The third-order valence-corrected chi connectivity index (χ3v) is 6.30. The van der Waals surface area contributed by atoms with Crippen molar-refractivity contribution in [3.8, 4) is 11.4 Å². The molecule has 0 aliphatic heterocycles. The molecule has 0 bridgehead atoms. The first-order chi connectivity index (χ1) is 15.9. The van der Waals surface area contributed by atoms with Crippen LogP contribution in [-0.2, 0) is 4.79 Å². The second-order valence-electron chi connectivity index (χ2n) is 7.52. The van der Waals surface area contributed by atoms with Gasteiger partial charge in [-0.1, -0.05) is 47.6 Å². The van der Waals surface area contributed by atoms with Crippen LogP contribution in [0, 0.1) is 13.8 Å². The highest BCUT2D eigenvalue weighted by atomic mass is 35.5. The second kappa shape index (κ2) is 9.68. The minimum Gasteiger partial charge on any atom is -0.495 e. The highest BCUT2D eigenvalue weighted by molar-refractivity contribution is 7.99. The molecule has 0 saturated heterocycles. The molecule has 0 saturated carbocycles. The van der Waals surface area contributed by atoms with Crippen molar-refractivity contribution in [1.29, 1.82) is 0 Å². The highest BCUT2D eigenvalue weighted by Crippen LogP contribution is 2.28. The smallest absolute Gasteiger partial charge is 0.266 e. The Labute approximate surface area is 200 Å². The lowest BCUT2D eigenvalue weighted by Crippen LogP contribution is -2.23. The standard InChI is InChI=1S/C25H22ClN3O3S/c1-15-8-9-16(2)19(12-15)27-23(30)14-33-25-28-20-13-17(26)10-11-18(20)24(31)29(25)21-6-4-5-7-22(21)32-3/h4-13H,14H2,1-3H3,(H,27,30). The Hall–Kier alpha value is -3.29. The number of halogens is 1. The quantitative estimate of drug-likeness (QED) is 0.296. The molecule has 0 spiro atoms. The molecule has 1 amide bonds. The third-order valence-electron chi connectivity index (χ3n) is 5.13. The van der Waals surface area contributed by atoms with Crippen molar-refractivity contribution >= 4 is 45.9 Å². The molecule has 6 nitrogen and oxygen atoms in total. The molecule has 33 heavy (non-hydrogen) atoms. The lowest BCUT2D eigenvalue weighted by atomic mass is 10.1. The number of nitrogens with zero attached hydrogens (tertiary/aromatic N) is 2. The largest absolute Gasteiger partial charge is 0.495 e. The summed E-state index contributed by atoms with van der Waals surface area (Å²) in [6, 6.07) is 18.0.